The van der Waals surface area contributed by atoms with Crippen LogP contribution in [-0.4, -0.2) is 25.6 Å². The van der Waals surface area contributed by atoms with Gasteiger partial charge in [0, 0.05) is 17.7 Å². The van der Waals surface area contributed by atoms with Crippen LogP contribution in [0.4, 0.5) is 5.69 Å². The van der Waals surface area contributed by atoms with Crippen LogP contribution in [0.3, 0.4) is 0 Å². The third-order valence-electron chi connectivity index (χ3n) is 4.51. The Balaban J connectivity index is 1.59. The summed E-state index contributed by atoms with van der Waals surface area (Å²) in [6.45, 7) is 2.04. The van der Waals surface area contributed by atoms with E-state index in [0.29, 0.717) is 5.75 Å². The number of nitriles is 1. The van der Waals surface area contributed by atoms with Gasteiger partial charge in [-0.1, -0.05) is 6.07 Å². The van der Waals surface area contributed by atoms with Gasteiger partial charge in [0.15, 0.2) is 6.61 Å². The molecule has 1 atom stereocenters. The van der Waals surface area contributed by atoms with E-state index in [1.165, 1.54) is 0 Å². The number of carbonyl (C=O) groups excluding carboxylic acids is 1. The van der Waals surface area contributed by atoms with Gasteiger partial charge in [-0.2, -0.15) is 5.26 Å². The molecule has 1 heterocycles. The number of amides is 1. The molecule has 1 spiro atoms. The Kier molecular flexibility index (Phi) is 3.80. The van der Waals surface area contributed by atoms with Crippen LogP contribution in [0.25, 0.3) is 0 Å². The van der Waals surface area contributed by atoms with E-state index >= 15 is 0 Å². The van der Waals surface area contributed by atoms with Gasteiger partial charge in [-0.3, -0.25) is 4.79 Å². The fourth-order valence-electron chi connectivity index (χ4n) is 3.20. The summed E-state index contributed by atoms with van der Waals surface area (Å²) in [7, 11) is 0. The van der Waals surface area contributed by atoms with Crippen LogP contribution in [0, 0.1) is 22.7 Å². The quantitative estimate of drug-likeness (QED) is 0.886. The van der Waals surface area contributed by atoms with E-state index in [1.807, 2.05) is 18.2 Å². The van der Waals surface area contributed by atoms with E-state index in [-0.39, 0.29) is 23.8 Å². The molecule has 110 valence electrons. The highest BCUT2D eigenvalue weighted by Crippen LogP contribution is 2.58. The maximum atomic E-state index is 12.3. The van der Waals surface area contributed by atoms with Crippen LogP contribution in [0.5, 0.6) is 5.75 Å². The largest absolute Gasteiger partial charge is 0.479 e. The highest BCUT2D eigenvalue weighted by atomic mass is 16.5. The van der Waals surface area contributed by atoms with Gasteiger partial charge in [0.2, 0.25) is 5.91 Å². The Morgan fingerprint density at radius 3 is 3.05 bits per heavy atom. The third kappa shape index (κ3) is 3.01. The Labute approximate surface area is 124 Å². The predicted molar refractivity (Wildman–Crippen MR) is 78.8 cm³/mol. The minimum Gasteiger partial charge on any atom is -0.479 e. The molecule has 1 aromatic carbocycles. The summed E-state index contributed by atoms with van der Waals surface area (Å²) in [6, 6.07) is 9.12. The normalized spacial score (nSPS) is 22.3. The number of carbonyl (C=O) groups is 1. The van der Waals surface area contributed by atoms with Gasteiger partial charge in [-0.25, -0.2) is 0 Å². The van der Waals surface area contributed by atoms with Crippen LogP contribution in [-0.2, 0) is 4.79 Å². The number of nitrogens with one attached hydrogen (secondary N) is 2. The summed E-state index contributed by atoms with van der Waals surface area (Å²) in [5.74, 6) is 0.847. The molecule has 2 N–H and O–H groups in total. The summed E-state index contributed by atoms with van der Waals surface area (Å²) in [5, 5.41) is 14.8. The summed E-state index contributed by atoms with van der Waals surface area (Å²) >= 11 is 0. The molecule has 3 rings (SSSR count). The van der Waals surface area contributed by atoms with E-state index in [1.54, 1.807) is 12.1 Å². The first-order chi connectivity index (χ1) is 10.2. The Bertz CT molecular complexity index is 573. The van der Waals surface area contributed by atoms with E-state index in [0.717, 1.165) is 38.0 Å². The summed E-state index contributed by atoms with van der Waals surface area (Å²) in [5.41, 5.74) is 0.968. The van der Waals surface area contributed by atoms with Crippen molar-refractivity contribution >= 4 is 11.6 Å². The zero-order chi connectivity index (χ0) is 14.7. The minimum absolute atomic E-state index is 0.0101. The first-order valence-corrected chi connectivity index (χ1v) is 7.35. The molecule has 0 radical (unpaired) electrons. The van der Waals surface area contributed by atoms with Gasteiger partial charge in [-0.15, -0.1) is 0 Å². The number of anilines is 1. The Morgan fingerprint density at radius 1 is 1.48 bits per heavy atom. The lowest BCUT2D eigenvalue weighted by Gasteiger charge is -2.23. The Morgan fingerprint density at radius 2 is 2.29 bits per heavy atom. The molecule has 2 fully saturated rings. The van der Waals surface area contributed by atoms with Crippen molar-refractivity contribution in [1.82, 2.24) is 5.32 Å². The lowest BCUT2D eigenvalue weighted by Crippen LogP contribution is -2.31. The maximum Gasteiger partial charge on any atom is 0.228 e. The van der Waals surface area contributed by atoms with Crippen LogP contribution >= 0.6 is 0 Å². The van der Waals surface area contributed by atoms with Gasteiger partial charge in [0.1, 0.15) is 11.8 Å². The van der Waals surface area contributed by atoms with Crippen LogP contribution in [0.1, 0.15) is 19.3 Å². The molecule has 1 aromatic rings. The predicted octanol–water partition coefficient (Wildman–Crippen LogP) is 1.92. The number of hydrogen-bond donors (Lipinski definition) is 2. The molecule has 1 unspecified atom stereocenters. The van der Waals surface area contributed by atoms with E-state index in [4.69, 9.17) is 10.00 Å². The molecule has 1 aliphatic carbocycles. The monoisotopic (exact) mass is 285 g/mol. The zero-order valence-corrected chi connectivity index (χ0v) is 11.9. The standard InChI is InChI=1S/C16H19N3O2/c17-6-9-21-13-3-1-2-12(10-13)19-15(20)14-11-16(14)4-7-18-8-5-16/h1-3,10,14,18H,4-5,7-9,11H2,(H,19,20). The molecule has 5 nitrogen and oxygen atoms in total. The van der Waals surface area contributed by atoms with Crippen molar-refractivity contribution in [3.05, 3.63) is 24.3 Å². The van der Waals surface area contributed by atoms with Crippen LogP contribution in [0.2, 0.25) is 0 Å². The van der Waals surface area contributed by atoms with Gasteiger partial charge in [-0.05, 0) is 49.9 Å². The number of hydrogen-bond acceptors (Lipinski definition) is 4. The molecule has 1 aliphatic heterocycles. The number of rotatable bonds is 4. The summed E-state index contributed by atoms with van der Waals surface area (Å²) in [6.07, 6.45) is 3.19. The molecule has 21 heavy (non-hydrogen) atoms. The summed E-state index contributed by atoms with van der Waals surface area (Å²) < 4.78 is 5.24. The fraction of sp³-hybridized carbons (Fsp3) is 0.500. The average molecular weight is 285 g/mol. The number of benzene rings is 1. The van der Waals surface area contributed by atoms with E-state index < -0.39 is 0 Å². The van der Waals surface area contributed by atoms with Crippen molar-refractivity contribution in [3.8, 4) is 11.8 Å². The van der Waals surface area contributed by atoms with Crippen LogP contribution < -0.4 is 15.4 Å². The molecule has 2 aliphatic rings. The van der Waals surface area contributed by atoms with Crippen LogP contribution in [0.15, 0.2) is 24.3 Å². The van der Waals surface area contributed by atoms with Gasteiger partial charge in [0.05, 0.1) is 0 Å². The molecule has 0 bridgehead atoms. The number of piperidine rings is 1. The van der Waals surface area contributed by atoms with Crippen molar-refractivity contribution in [1.29, 1.82) is 5.26 Å². The second kappa shape index (κ2) is 5.74. The lowest BCUT2D eigenvalue weighted by molar-refractivity contribution is -0.118. The zero-order valence-electron chi connectivity index (χ0n) is 11.9. The van der Waals surface area contributed by atoms with Crippen molar-refractivity contribution in [2.75, 3.05) is 25.0 Å². The van der Waals surface area contributed by atoms with E-state index in [2.05, 4.69) is 10.6 Å². The smallest absolute Gasteiger partial charge is 0.228 e. The minimum atomic E-state index is 0.0101. The van der Waals surface area contributed by atoms with Crippen molar-refractivity contribution in [2.24, 2.45) is 11.3 Å². The van der Waals surface area contributed by atoms with Gasteiger partial charge < -0.3 is 15.4 Å². The second-order valence-corrected chi connectivity index (χ2v) is 5.83. The summed E-state index contributed by atoms with van der Waals surface area (Å²) in [4.78, 5) is 12.3. The molecule has 0 aromatic heterocycles. The number of nitrogens with zero attached hydrogens (tertiary/aromatic N) is 1. The third-order valence-corrected chi connectivity index (χ3v) is 4.51. The topological polar surface area (TPSA) is 74.1 Å². The Hall–Kier alpha value is -2.06. The molecular weight excluding hydrogens is 266 g/mol. The highest BCUT2D eigenvalue weighted by molar-refractivity contribution is 5.95. The lowest BCUT2D eigenvalue weighted by atomic mass is 9.92. The fourth-order valence-corrected chi connectivity index (χ4v) is 3.20. The number of ether oxygens (including phenoxy) is 1. The van der Waals surface area contributed by atoms with E-state index in [9.17, 15) is 4.79 Å². The maximum absolute atomic E-state index is 12.3. The van der Waals surface area contributed by atoms with Crippen molar-refractivity contribution in [3.63, 3.8) is 0 Å². The molecule has 1 saturated carbocycles. The molecule has 1 amide bonds. The second-order valence-electron chi connectivity index (χ2n) is 5.83. The first-order valence-electron chi connectivity index (χ1n) is 7.35. The van der Waals surface area contributed by atoms with Crippen molar-refractivity contribution < 1.29 is 9.53 Å². The van der Waals surface area contributed by atoms with Gasteiger partial charge in [0.25, 0.3) is 0 Å². The first kappa shape index (κ1) is 13.9. The molecule has 5 heteroatoms. The van der Waals surface area contributed by atoms with Crippen molar-refractivity contribution in [2.45, 2.75) is 19.3 Å². The molecular formula is C16H19N3O2. The average Bonchev–Trinajstić information content (AvgIpc) is 3.20. The molecule has 1 saturated heterocycles. The SMILES string of the molecule is N#CCOc1cccc(NC(=O)C2CC23CCNCC3)c1. The van der Waals surface area contributed by atoms with Gasteiger partial charge >= 0.3 is 0 Å². The highest BCUT2D eigenvalue weighted by Gasteiger charge is 2.57.